The molecule has 1 amide bonds. The van der Waals surface area contributed by atoms with E-state index in [0.717, 1.165) is 43.8 Å². The van der Waals surface area contributed by atoms with Gasteiger partial charge in [-0.15, -0.1) is 0 Å². The van der Waals surface area contributed by atoms with Crippen molar-refractivity contribution in [3.63, 3.8) is 0 Å². The van der Waals surface area contributed by atoms with E-state index in [4.69, 9.17) is 0 Å². The van der Waals surface area contributed by atoms with Gasteiger partial charge in [-0.25, -0.2) is 0 Å². The first-order chi connectivity index (χ1) is 16.6. The third kappa shape index (κ3) is 9.26. The Balaban J connectivity index is 1.56. The normalized spacial score (nSPS) is 20.0. The van der Waals surface area contributed by atoms with Crippen LogP contribution in [0, 0.1) is 5.92 Å². The van der Waals surface area contributed by atoms with Gasteiger partial charge in [-0.05, 0) is 81.9 Å². The van der Waals surface area contributed by atoms with E-state index in [-0.39, 0.29) is 5.91 Å². The molecule has 0 aromatic rings. The summed E-state index contributed by atoms with van der Waals surface area (Å²) in [5, 5.41) is 6.64. The monoisotopic (exact) mass is 459 g/mol. The Hall–Kier alpha value is -2.72. The first-order valence-corrected chi connectivity index (χ1v) is 12.9. The molecule has 0 aromatic carbocycles. The molecular formula is C30H41N3O. The van der Waals surface area contributed by atoms with E-state index in [1.807, 2.05) is 25.3 Å². The van der Waals surface area contributed by atoms with Crippen LogP contribution in [-0.2, 0) is 4.79 Å². The molecule has 3 aliphatic rings. The highest BCUT2D eigenvalue weighted by Crippen LogP contribution is 2.35. The van der Waals surface area contributed by atoms with Crippen molar-refractivity contribution >= 4 is 11.6 Å². The molecular weight excluding hydrogens is 418 g/mol. The highest BCUT2D eigenvalue weighted by Gasteiger charge is 2.23. The van der Waals surface area contributed by atoms with Crippen LogP contribution >= 0.6 is 0 Å². The summed E-state index contributed by atoms with van der Waals surface area (Å²) < 4.78 is 0. The molecule has 0 unspecified atom stereocenters. The number of hydrogen-bond acceptors (Lipinski definition) is 3. The Morgan fingerprint density at radius 1 is 1.21 bits per heavy atom. The van der Waals surface area contributed by atoms with E-state index < -0.39 is 0 Å². The van der Waals surface area contributed by atoms with Crippen LogP contribution in [0.15, 0.2) is 88.8 Å². The molecule has 0 heterocycles. The number of nitrogens with zero attached hydrogens (tertiary/aromatic N) is 1. The Kier molecular flexibility index (Phi) is 10.6. The Morgan fingerprint density at radius 3 is 2.68 bits per heavy atom. The number of hydrogen-bond donors (Lipinski definition) is 2. The summed E-state index contributed by atoms with van der Waals surface area (Å²) in [6.45, 7) is 8.88. The molecule has 2 fully saturated rings. The van der Waals surface area contributed by atoms with E-state index in [9.17, 15) is 4.79 Å². The average Bonchev–Trinajstić information content (AvgIpc) is 3.63. The van der Waals surface area contributed by atoms with Gasteiger partial charge in [0.05, 0.1) is 0 Å². The summed E-state index contributed by atoms with van der Waals surface area (Å²) in [5.41, 5.74) is 5.27. The van der Waals surface area contributed by atoms with Crippen LogP contribution in [0.2, 0.25) is 0 Å². The lowest BCUT2D eigenvalue weighted by Crippen LogP contribution is -2.36. The molecule has 34 heavy (non-hydrogen) atoms. The van der Waals surface area contributed by atoms with Crippen molar-refractivity contribution in [2.24, 2.45) is 10.9 Å². The Morgan fingerprint density at radius 2 is 2.00 bits per heavy atom. The van der Waals surface area contributed by atoms with Gasteiger partial charge in [-0.3, -0.25) is 9.79 Å². The molecule has 0 aliphatic heterocycles. The van der Waals surface area contributed by atoms with Crippen LogP contribution < -0.4 is 10.6 Å². The zero-order valence-electron chi connectivity index (χ0n) is 21.0. The smallest absolute Gasteiger partial charge is 0.273 e. The van der Waals surface area contributed by atoms with Gasteiger partial charge in [0.25, 0.3) is 5.91 Å². The zero-order valence-corrected chi connectivity index (χ0v) is 21.0. The van der Waals surface area contributed by atoms with Crippen LogP contribution in [0.25, 0.3) is 0 Å². The van der Waals surface area contributed by atoms with Gasteiger partial charge in [-0.2, -0.15) is 0 Å². The lowest BCUT2D eigenvalue weighted by atomic mass is 9.93. The molecule has 0 spiro atoms. The van der Waals surface area contributed by atoms with Gasteiger partial charge in [0.1, 0.15) is 5.71 Å². The van der Waals surface area contributed by atoms with Crippen molar-refractivity contribution in [2.45, 2.75) is 77.7 Å². The maximum atomic E-state index is 12.8. The minimum atomic E-state index is -0.206. The first kappa shape index (κ1) is 25.9. The highest BCUT2D eigenvalue weighted by molar-refractivity contribution is 6.43. The third-order valence-electron chi connectivity index (χ3n) is 6.58. The highest BCUT2D eigenvalue weighted by atomic mass is 16.1. The molecule has 3 aliphatic carbocycles. The minimum absolute atomic E-state index is 0.206. The molecule has 0 radical (unpaired) electrons. The maximum Gasteiger partial charge on any atom is 0.273 e. The number of rotatable bonds is 13. The standard InChI is InChI=1S/C30H41N3O/c1-4-27(14-9-8-13-24-12-7-6-11-23(3)19-24)33-30(34)29(5-2)32-22-26(20-25-17-18-25)21-31-28-15-10-16-28/h5-9,11-12,14,22,25,28,31H,2,4,10,13,15-21H2,1,3H3,(H,33,34)/b9-8-,26-22+,27-14+,32-29+. The zero-order chi connectivity index (χ0) is 24.2. The van der Waals surface area contributed by atoms with Gasteiger partial charge >= 0.3 is 0 Å². The summed E-state index contributed by atoms with van der Waals surface area (Å²) in [5.74, 6) is 0.583. The van der Waals surface area contributed by atoms with Gasteiger partial charge in [0, 0.05) is 24.5 Å². The maximum absolute atomic E-state index is 12.8. The van der Waals surface area contributed by atoms with Gasteiger partial charge in [-0.1, -0.05) is 67.5 Å². The molecule has 0 bridgehead atoms. The summed E-state index contributed by atoms with van der Waals surface area (Å²) in [7, 11) is 0. The van der Waals surface area contributed by atoms with Crippen molar-refractivity contribution in [1.82, 2.24) is 10.6 Å². The molecule has 3 rings (SSSR count). The van der Waals surface area contributed by atoms with Gasteiger partial charge < -0.3 is 10.6 Å². The fourth-order valence-corrected chi connectivity index (χ4v) is 4.01. The largest absolute Gasteiger partial charge is 0.324 e. The van der Waals surface area contributed by atoms with E-state index in [1.165, 1.54) is 48.8 Å². The molecule has 0 atom stereocenters. The number of carbonyl (C=O) groups is 1. The van der Waals surface area contributed by atoms with Crippen molar-refractivity contribution < 1.29 is 4.79 Å². The quantitative estimate of drug-likeness (QED) is 0.240. The molecule has 4 heteroatoms. The van der Waals surface area contributed by atoms with Crippen LogP contribution in [0.1, 0.15) is 71.6 Å². The lowest BCUT2D eigenvalue weighted by Gasteiger charge is -2.27. The van der Waals surface area contributed by atoms with Crippen molar-refractivity contribution in [3.8, 4) is 0 Å². The Labute approximate surface area is 206 Å². The number of allylic oxidation sites excluding steroid dienone is 10. The van der Waals surface area contributed by atoms with E-state index >= 15 is 0 Å². The molecule has 182 valence electrons. The predicted molar refractivity (Wildman–Crippen MR) is 145 cm³/mol. The number of nitrogens with one attached hydrogen (secondary N) is 2. The summed E-state index contributed by atoms with van der Waals surface area (Å²) in [4.78, 5) is 17.3. The molecule has 2 saturated carbocycles. The lowest BCUT2D eigenvalue weighted by molar-refractivity contribution is -0.114. The molecule has 4 nitrogen and oxygen atoms in total. The van der Waals surface area contributed by atoms with E-state index in [2.05, 4.69) is 59.5 Å². The number of carbonyl (C=O) groups excluding carboxylic acids is 1. The second-order valence-electron chi connectivity index (χ2n) is 9.69. The number of aliphatic imine (C=N–C) groups is 1. The summed E-state index contributed by atoms with van der Waals surface area (Å²) in [6, 6.07) is 0.648. The summed E-state index contributed by atoms with van der Waals surface area (Å²) >= 11 is 0. The van der Waals surface area contributed by atoms with Crippen molar-refractivity contribution in [2.75, 3.05) is 6.54 Å². The van der Waals surface area contributed by atoms with Crippen LogP contribution in [0.5, 0.6) is 0 Å². The van der Waals surface area contributed by atoms with Gasteiger partial charge in [0.2, 0.25) is 0 Å². The van der Waals surface area contributed by atoms with E-state index in [0.29, 0.717) is 11.8 Å². The fraction of sp³-hybridized carbons (Fsp3) is 0.467. The van der Waals surface area contributed by atoms with Crippen molar-refractivity contribution in [1.29, 1.82) is 0 Å². The topological polar surface area (TPSA) is 53.5 Å². The average molecular weight is 460 g/mol. The van der Waals surface area contributed by atoms with Gasteiger partial charge in [0.15, 0.2) is 0 Å². The number of amides is 1. The van der Waals surface area contributed by atoms with Crippen LogP contribution in [-0.4, -0.2) is 24.2 Å². The molecule has 0 aromatic heterocycles. The Bertz CT molecular complexity index is 934. The molecule has 2 N–H and O–H groups in total. The SMILES string of the molecule is C=C/C(=N\C=C(\CNC1CCC1)CC1CC1)C(=O)N/C(=C/C=C\CC1=CC=CC=C(C)C1)CC. The second-order valence-corrected chi connectivity index (χ2v) is 9.69. The van der Waals surface area contributed by atoms with Crippen LogP contribution in [0.4, 0.5) is 0 Å². The third-order valence-corrected chi connectivity index (χ3v) is 6.58. The second kappa shape index (κ2) is 13.9. The van der Waals surface area contributed by atoms with E-state index in [1.54, 1.807) is 6.08 Å². The van der Waals surface area contributed by atoms with Crippen LogP contribution in [0.3, 0.4) is 0 Å². The molecule has 0 saturated heterocycles. The minimum Gasteiger partial charge on any atom is -0.324 e. The fourth-order valence-electron chi connectivity index (χ4n) is 4.01. The predicted octanol–water partition coefficient (Wildman–Crippen LogP) is 6.63. The van der Waals surface area contributed by atoms with Crippen molar-refractivity contribution in [3.05, 3.63) is 83.8 Å². The first-order valence-electron chi connectivity index (χ1n) is 12.9. The summed E-state index contributed by atoms with van der Waals surface area (Å²) in [6.07, 6.45) is 28.3.